The highest BCUT2D eigenvalue weighted by atomic mass is 19.4. The number of ether oxygens (including phenoxy) is 2. The van der Waals surface area contributed by atoms with Crippen LogP contribution in [0.2, 0.25) is 0 Å². The van der Waals surface area contributed by atoms with E-state index < -0.39 is 24.9 Å². The van der Waals surface area contributed by atoms with Gasteiger partial charge >= 0.3 is 24.9 Å². The van der Waals surface area contributed by atoms with E-state index in [-0.39, 0.29) is 0 Å². The number of carbonyl (C=O) groups excluding carboxylic acids is 2. The summed E-state index contributed by atoms with van der Waals surface area (Å²) in [5.74, 6) is 0. The molecule has 0 aliphatic rings. The Morgan fingerprint density at radius 1 is 1.15 bits per heavy atom. The molecule has 0 radical (unpaired) electrons. The van der Waals surface area contributed by atoms with Crippen molar-refractivity contribution in [3.05, 3.63) is 0 Å². The molecule has 0 unspecified atom stereocenters. The van der Waals surface area contributed by atoms with Crippen LogP contribution in [0.1, 0.15) is 0 Å². The summed E-state index contributed by atoms with van der Waals surface area (Å²) in [5, 5.41) is 0. The molecule has 0 aromatic heterocycles. The van der Waals surface area contributed by atoms with Gasteiger partial charge in [0.05, 0.1) is 0 Å². The molecular weight excluding hydrogens is 207 g/mol. The first kappa shape index (κ1) is 11.6. The number of rotatable bonds is 2. The molecule has 0 spiro atoms. The van der Waals surface area contributed by atoms with Gasteiger partial charge in [0.25, 0.3) is 0 Å². The lowest BCUT2D eigenvalue weighted by molar-refractivity contribution is -0.373. The normalized spacial score (nSPS) is 12.1. The Hall–Kier alpha value is -1.41. The molecule has 0 saturated heterocycles. The van der Waals surface area contributed by atoms with Crippen molar-refractivity contribution >= 4 is 12.6 Å². The summed E-state index contributed by atoms with van der Waals surface area (Å²) >= 11 is 0. The summed E-state index contributed by atoms with van der Waals surface area (Å²) in [7, 11) is 0. The Bertz CT molecular complexity index is 209. The minimum Gasteiger partial charge on any atom is -0.363 e. The maximum absolute atomic E-state index is 11.7. The van der Waals surface area contributed by atoms with Crippen molar-refractivity contribution in [2.24, 2.45) is 0 Å². The average molecular weight is 208 g/mol. The van der Waals surface area contributed by atoms with Gasteiger partial charge in [-0.25, -0.2) is 4.79 Å². The van der Waals surface area contributed by atoms with Crippen LogP contribution in [0.3, 0.4) is 0 Å². The fourth-order valence-corrected chi connectivity index (χ4v) is 0.226. The summed E-state index contributed by atoms with van der Waals surface area (Å²) in [4.78, 5) is 19.2. The van der Waals surface area contributed by atoms with Gasteiger partial charge in [0.2, 0.25) is 0 Å². The monoisotopic (exact) mass is 208 g/mol. The summed E-state index contributed by atoms with van der Waals surface area (Å²) in [5.41, 5.74) is 0. The molecule has 0 bridgehead atoms. The molecule has 0 fully saturated rings. The van der Waals surface area contributed by atoms with Gasteiger partial charge in [-0.05, 0) is 0 Å². The lowest BCUT2D eigenvalue weighted by Crippen LogP contribution is -2.40. The first-order valence-corrected chi connectivity index (χ1v) is 2.48. The van der Waals surface area contributed by atoms with Gasteiger partial charge in [-0.15, -0.1) is 0 Å². The van der Waals surface area contributed by atoms with Gasteiger partial charge in [-0.1, -0.05) is 0 Å². The molecule has 0 aromatic rings. The van der Waals surface area contributed by atoms with E-state index in [4.69, 9.17) is 0 Å². The van der Waals surface area contributed by atoms with Crippen molar-refractivity contribution in [3.8, 4) is 0 Å². The summed E-state index contributed by atoms with van der Waals surface area (Å²) < 4.78 is 62.8. The molecule has 0 aromatic carbocycles. The van der Waals surface area contributed by atoms with Crippen molar-refractivity contribution in [2.45, 2.75) is 12.3 Å². The van der Waals surface area contributed by atoms with Crippen molar-refractivity contribution < 1.29 is 41.0 Å². The van der Waals surface area contributed by atoms with Crippen LogP contribution in [0.25, 0.3) is 0 Å². The Morgan fingerprint density at radius 2 is 1.62 bits per heavy atom. The zero-order valence-corrected chi connectivity index (χ0v) is 5.60. The van der Waals surface area contributed by atoms with Gasteiger partial charge in [0, 0.05) is 0 Å². The van der Waals surface area contributed by atoms with Gasteiger partial charge in [-0.2, -0.15) is 22.0 Å². The van der Waals surface area contributed by atoms with Gasteiger partial charge in [0.15, 0.2) is 0 Å². The molecule has 0 aliphatic heterocycles. The lowest BCUT2D eigenvalue weighted by Gasteiger charge is -2.17. The third-order valence-corrected chi connectivity index (χ3v) is 0.686. The summed E-state index contributed by atoms with van der Waals surface area (Å²) in [6, 6.07) is 0. The molecule has 0 saturated carbocycles. The fraction of sp³-hybridized carbons (Fsp3) is 0.500. The van der Waals surface area contributed by atoms with Gasteiger partial charge in [-0.3, -0.25) is 4.79 Å². The largest absolute Gasteiger partial charge is 0.520 e. The van der Waals surface area contributed by atoms with Crippen LogP contribution in [-0.4, -0.2) is 24.9 Å². The quantitative estimate of drug-likeness (QED) is 0.298. The van der Waals surface area contributed by atoms with Crippen LogP contribution in [0.5, 0.6) is 0 Å². The van der Waals surface area contributed by atoms with Gasteiger partial charge < -0.3 is 9.47 Å². The third-order valence-electron chi connectivity index (χ3n) is 0.686. The topological polar surface area (TPSA) is 52.6 Å². The van der Waals surface area contributed by atoms with E-state index in [0.29, 0.717) is 0 Å². The molecule has 0 aliphatic carbocycles. The van der Waals surface area contributed by atoms with Crippen molar-refractivity contribution in [1.29, 1.82) is 0 Å². The number of hydrogen-bond donors (Lipinski definition) is 0. The van der Waals surface area contributed by atoms with E-state index in [0.717, 1.165) is 0 Å². The molecule has 0 rings (SSSR count). The standard InChI is InChI=1S/C4HF5O4/c5-3(6,7)4(8,9)13-2(11)12-1-10/h1H. The first-order valence-electron chi connectivity index (χ1n) is 2.48. The van der Waals surface area contributed by atoms with E-state index in [1.807, 2.05) is 0 Å². The third kappa shape index (κ3) is 3.22. The summed E-state index contributed by atoms with van der Waals surface area (Å²) in [6.07, 6.45) is -14.2. The second kappa shape index (κ2) is 3.54. The highest BCUT2D eigenvalue weighted by molar-refractivity contribution is 5.69. The van der Waals surface area contributed by atoms with Crippen LogP contribution in [0.15, 0.2) is 0 Å². The van der Waals surface area contributed by atoms with Crippen molar-refractivity contribution in [2.75, 3.05) is 0 Å². The maximum Gasteiger partial charge on any atom is 0.520 e. The molecular formula is C4HF5O4. The highest BCUT2D eigenvalue weighted by Gasteiger charge is 2.62. The first-order chi connectivity index (χ1) is 5.70. The average Bonchev–Trinajstić information content (AvgIpc) is 1.83. The van der Waals surface area contributed by atoms with E-state index in [1.54, 1.807) is 0 Å². The Balaban J connectivity index is 4.33. The highest BCUT2D eigenvalue weighted by Crippen LogP contribution is 2.36. The fourth-order valence-electron chi connectivity index (χ4n) is 0.226. The Morgan fingerprint density at radius 3 is 1.92 bits per heavy atom. The lowest BCUT2D eigenvalue weighted by atomic mass is 10.6. The molecule has 76 valence electrons. The smallest absolute Gasteiger partial charge is 0.363 e. The SMILES string of the molecule is O=COC(=O)OC(F)(F)C(F)(F)F. The van der Waals surface area contributed by atoms with Crippen molar-refractivity contribution in [3.63, 3.8) is 0 Å². The van der Waals surface area contributed by atoms with Crippen molar-refractivity contribution in [1.82, 2.24) is 0 Å². The maximum atomic E-state index is 11.7. The zero-order valence-electron chi connectivity index (χ0n) is 5.60. The van der Waals surface area contributed by atoms with E-state index >= 15 is 0 Å². The second-order valence-corrected chi connectivity index (χ2v) is 1.58. The number of hydrogen-bond acceptors (Lipinski definition) is 4. The number of alkyl halides is 5. The minimum absolute atomic E-state index is 0.644. The molecule has 9 heteroatoms. The molecule has 0 amide bonds. The number of carbonyl (C=O) groups is 2. The van der Waals surface area contributed by atoms with Crippen LogP contribution in [0, 0.1) is 0 Å². The van der Waals surface area contributed by atoms with Crippen LogP contribution in [0.4, 0.5) is 26.7 Å². The Kier molecular flexibility index (Phi) is 3.15. The minimum atomic E-state index is -6.05. The molecule has 13 heavy (non-hydrogen) atoms. The second-order valence-electron chi connectivity index (χ2n) is 1.58. The van der Waals surface area contributed by atoms with Crippen LogP contribution < -0.4 is 0 Å². The molecule has 0 atom stereocenters. The van der Waals surface area contributed by atoms with Crippen LogP contribution >= 0.6 is 0 Å². The predicted molar refractivity (Wildman–Crippen MR) is 24.6 cm³/mol. The van der Waals surface area contributed by atoms with E-state index in [1.165, 1.54) is 0 Å². The zero-order chi connectivity index (χ0) is 10.7. The van der Waals surface area contributed by atoms with Gasteiger partial charge in [0.1, 0.15) is 0 Å². The Labute approximate surface area is 67.2 Å². The van der Waals surface area contributed by atoms with Crippen LogP contribution in [-0.2, 0) is 14.3 Å². The van der Waals surface area contributed by atoms with E-state index in [2.05, 4.69) is 9.47 Å². The molecule has 0 heterocycles. The predicted octanol–water partition coefficient (Wildman–Crippen LogP) is 1.45. The van der Waals surface area contributed by atoms with E-state index in [9.17, 15) is 31.5 Å². The molecule has 0 N–H and O–H groups in total. The summed E-state index contributed by atoms with van der Waals surface area (Å²) in [6.45, 7) is -0.644. The number of halogens is 5. The molecule has 4 nitrogen and oxygen atoms in total.